The Morgan fingerprint density at radius 2 is 2.10 bits per heavy atom. The first-order valence-electron chi connectivity index (χ1n) is 10.6. The Kier molecular flexibility index (Phi) is 7.07. The average molecular weight is 500 g/mol. The molecule has 1 aliphatic carbocycles. The van der Waals surface area contributed by atoms with Crippen LogP contribution in [0, 0.1) is 12.8 Å². The van der Waals surface area contributed by atoms with Crippen LogP contribution in [0.4, 0.5) is 5.69 Å². The van der Waals surface area contributed by atoms with Crippen molar-refractivity contribution in [2.75, 3.05) is 11.1 Å². The van der Waals surface area contributed by atoms with Crippen LogP contribution < -0.4 is 5.32 Å². The largest absolute Gasteiger partial charge is 0.324 e. The maximum absolute atomic E-state index is 12.6. The second-order valence-electron chi connectivity index (χ2n) is 8.07. The van der Waals surface area contributed by atoms with Crippen LogP contribution in [0.25, 0.3) is 11.4 Å². The molecule has 31 heavy (non-hydrogen) atoms. The highest BCUT2D eigenvalue weighted by molar-refractivity contribution is 9.10. The molecule has 3 aromatic rings. The fraction of sp³-hybridized carbons (Fsp3) is 0.391. The van der Waals surface area contributed by atoms with Gasteiger partial charge in [0.2, 0.25) is 5.91 Å². The Labute approximate surface area is 195 Å². The Morgan fingerprint density at radius 1 is 1.26 bits per heavy atom. The van der Waals surface area contributed by atoms with Crippen molar-refractivity contribution in [3.63, 3.8) is 0 Å². The molecule has 8 heteroatoms. The Bertz CT molecular complexity index is 1060. The van der Waals surface area contributed by atoms with Gasteiger partial charge in [-0.05, 0) is 71.4 Å². The highest BCUT2D eigenvalue weighted by Crippen LogP contribution is 2.38. The lowest BCUT2D eigenvalue weighted by Crippen LogP contribution is -2.23. The van der Waals surface area contributed by atoms with Gasteiger partial charge in [0.05, 0.1) is 11.4 Å². The highest BCUT2D eigenvalue weighted by atomic mass is 79.9. The molecular weight excluding hydrogens is 474 g/mol. The summed E-state index contributed by atoms with van der Waals surface area (Å²) in [6.07, 6.45) is 8.34. The number of rotatable bonds is 6. The predicted octanol–water partition coefficient (Wildman–Crippen LogP) is 5.89. The molecule has 1 fully saturated rings. The van der Waals surface area contributed by atoms with Crippen molar-refractivity contribution in [1.82, 2.24) is 19.7 Å². The molecule has 1 aliphatic rings. The number of hydrogen-bond donors (Lipinski definition) is 1. The number of amides is 1. The van der Waals surface area contributed by atoms with Crippen molar-refractivity contribution < 1.29 is 4.79 Å². The number of nitrogens with zero attached hydrogens (tertiary/aromatic N) is 4. The van der Waals surface area contributed by atoms with E-state index >= 15 is 0 Å². The van der Waals surface area contributed by atoms with Crippen molar-refractivity contribution in [3.05, 3.63) is 52.8 Å². The van der Waals surface area contributed by atoms with Gasteiger partial charge < -0.3 is 5.32 Å². The summed E-state index contributed by atoms with van der Waals surface area (Å²) < 4.78 is 3.12. The fourth-order valence-electron chi connectivity index (χ4n) is 4.08. The van der Waals surface area contributed by atoms with E-state index in [1.54, 1.807) is 6.20 Å². The fourth-order valence-corrected chi connectivity index (χ4v) is 5.47. The van der Waals surface area contributed by atoms with Crippen LogP contribution in [0.3, 0.4) is 0 Å². The number of nitrogens with one attached hydrogen (secondary N) is 1. The number of thioether (sulfide) groups is 1. The van der Waals surface area contributed by atoms with Crippen molar-refractivity contribution in [1.29, 1.82) is 0 Å². The van der Waals surface area contributed by atoms with Crippen LogP contribution in [-0.2, 0) is 4.79 Å². The lowest BCUT2D eigenvalue weighted by atomic mass is 9.85. The molecule has 2 heterocycles. The molecule has 1 saturated carbocycles. The molecule has 162 valence electrons. The molecule has 1 amide bonds. The van der Waals surface area contributed by atoms with Gasteiger partial charge in [-0.25, -0.2) is 0 Å². The van der Waals surface area contributed by atoms with Crippen molar-refractivity contribution in [3.8, 4) is 11.4 Å². The van der Waals surface area contributed by atoms with Crippen molar-refractivity contribution >= 4 is 39.3 Å². The standard InChI is InChI=1S/C23H26BrN5OS/c1-15-9-10-19(18(24)12-15)26-21(30)14-31-23-28-27-22(17-7-5-11-25-13-17)29(23)20-8-4-3-6-16(20)2/h5,7,9-13,16,20H,3-4,6,8,14H2,1-2H3,(H,26,30)/t16-,20+/m1/s1. The maximum atomic E-state index is 12.6. The van der Waals surface area contributed by atoms with Gasteiger partial charge >= 0.3 is 0 Å². The van der Waals surface area contributed by atoms with E-state index in [1.807, 2.05) is 43.5 Å². The van der Waals surface area contributed by atoms with Crippen LogP contribution in [-0.4, -0.2) is 31.4 Å². The van der Waals surface area contributed by atoms with Gasteiger partial charge in [-0.15, -0.1) is 10.2 Å². The van der Waals surface area contributed by atoms with Gasteiger partial charge in [0.25, 0.3) is 0 Å². The summed E-state index contributed by atoms with van der Waals surface area (Å²) in [4.78, 5) is 16.9. The summed E-state index contributed by atoms with van der Waals surface area (Å²) in [5, 5.41) is 12.7. The number of hydrogen-bond acceptors (Lipinski definition) is 5. The summed E-state index contributed by atoms with van der Waals surface area (Å²) >= 11 is 4.95. The Balaban J connectivity index is 1.55. The minimum Gasteiger partial charge on any atom is -0.324 e. The molecular formula is C23H26BrN5OS. The maximum Gasteiger partial charge on any atom is 0.234 e. The molecule has 0 bridgehead atoms. The number of carbonyl (C=O) groups excluding carboxylic acids is 1. The topological polar surface area (TPSA) is 72.7 Å². The highest BCUT2D eigenvalue weighted by Gasteiger charge is 2.29. The van der Waals surface area contributed by atoms with Crippen LogP contribution in [0.1, 0.15) is 44.2 Å². The van der Waals surface area contributed by atoms with E-state index < -0.39 is 0 Å². The van der Waals surface area contributed by atoms with Gasteiger partial charge in [0.1, 0.15) is 0 Å². The lowest BCUT2D eigenvalue weighted by Gasteiger charge is -2.31. The molecule has 2 aromatic heterocycles. The molecule has 0 spiro atoms. The number of halogens is 1. The average Bonchev–Trinajstić information content (AvgIpc) is 3.19. The second-order valence-corrected chi connectivity index (χ2v) is 9.86. The SMILES string of the molecule is Cc1ccc(NC(=O)CSc2nnc(-c3cccnc3)n2[C@H]2CCCC[C@H]2C)c(Br)c1. The van der Waals surface area contributed by atoms with Crippen molar-refractivity contribution in [2.24, 2.45) is 5.92 Å². The summed E-state index contributed by atoms with van der Waals surface area (Å²) in [6, 6.07) is 10.1. The van der Waals surface area contributed by atoms with Crippen LogP contribution in [0.15, 0.2) is 52.4 Å². The molecule has 4 rings (SSSR count). The quantitative estimate of drug-likeness (QED) is 0.427. The van der Waals surface area contributed by atoms with Gasteiger partial charge in [0, 0.05) is 28.5 Å². The van der Waals surface area contributed by atoms with E-state index in [2.05, 4.69) is 47.9 Å². The van der Waals surface area contributed by atoms with Crippen LogP contribution >= 0.6 is 27.7 Å². The first-order valence-corrected chi connectivity index (χ1v) is 12.3. The van der Waals surface area contributed by atoms with E-state index in [-0.39, 0.29) is 11.7 Å². The third-order valence-corrected chi connectivity index (χ3v) is 7.31. The number of benzene rings is 1. The van der Waals surface area contributed by atoms with E-state index in [0.717, 1.165) is 38.7 Å². The zero-order chi connectivity index (χ0) is 21.8. The lowest BCUT2D eigenvalue weighted by molar-refractivity contribution is -0.113. The predicted molar refractivity (Wildman–Crippen MR) is 128 cm³/mol. The first-order chi connectivity index (χ1) is 15.0. The van der Waals surface area contributed by atoms with E-state index in [4.69, 9.17) is 0 Å². The zero-order valence-electron chi connectivity index (χ0n) is 17.7. The minimum absolute atomic E-state index is 0.0660. The summed E-state index contributed by atoms with van der Waals surface area (Å²) in [6.45, 7) is 4.32. The first kappa shape index (κ1) is 22.0. The molecule has 0 unspecified atom stereocenters. The van der Waals surface area contributed by atoms with E-state index in [1.165, 1.54) is 31.0 Å². The van der Waals surface area contributed by atoms with Crippen molar-refractivity contribution in [2.45, 2.75) is 50.7 Å². The Hall–Kier alpha value is -2.19. The summed E-state index contributed by atoms with van der Waals surface area (Å²) in [5.74, 6) is 1.57. The zero-order valence-corrected chi connectivity index (χ0v) is 20.1. The third kappa shape index (κ3) is 5.18. The van der Waals surface area contributed by atoms with Crippen LogP contribution in [0.5, 0.6) is 0 Å². The van der Waals surface area contributed by atoms with Crippen LogP contribution in [0.2, 0.25) is 0 Å². The molecule has 2 atom stereocenters. The summed E-state index contributed by atoms with van der Waals surface area (Å²) in [5.41, 5.74) is 2.86. The number of anilines is 1. The monoisotopic (exact) mass is 499 g/mol. The minimum atomic E-state index is -0.0660. The second kappa shape index (κ2) is 9.96. The smallest absolute Gasteiger partial charge is 0.234 e. The summed E-state index contributed by atoms with van der Waals surface area (Å²) in [7, 11) is 0. The molecule has 6 nitrogen and oxygen atoms in total. The Morgan fingerprint density at radius 3 is 2.84 bits per heavy atom. The molecule has 0 aliphatic heterocycles. The molecule has 0 saturated heterocycles. The van der Waals surface area contributed by atoms with Gasteiger partial charge in [-0.1, -0.05) is 37.6 Å². The van der Waals surface area contributed by atoms with E-state index in [0.29, 0.717) is 12.0 Å². The number of aromatic nitrogens is 4. The number of aryl methyl sites for hydroxylation is 1. The van der Waals surface area contributed by atoms with Gasteiger partial charge in [0.15, 0.2) is 11.0 Å². The third-order valence-electron chi connectivity index (χ3n) is 5.71. The molecule has 1 N–H and O–H groups in total. The molecule has 0 radical (unpaired) electrons. The van der Waals surface area contributed by atoms with E-state index in [9.17, 15) is 4.79 Å². The number of carbonyl (C=O) groups is 1. The molecule has 1 aromatic carbocycles. The van der Waals surface area contributed by atoms with Gasteiger partial charge in [-0.3, -0.25) is 14.3 Å². The van der Waals surface area contributed by atoms with Gasteiger partial charge in [-0.2, -0.15) is 0 Å². The number of pyridine rings is 1. The normalized spacial score (nSPS) is 18.7.